The molecular formula is C20H24O2. The second kappa shape index (κ2) is 5.77. The van der Waals surface area contributed by atoms with Gasteiger partial charge in [-0.1, -0.05) is 63.2 Å². The van der Waals surface area contributed by atoms with E-state index in [0.717, 1.165) is 29.7 Å². The number of hydrogen-bond acceptors (Lipinski definition) is 2. The van der Waals surface area contributed by atoms with E-state index < -0.39 is 5.60 Å². The summed E-state index contributed by atoms with van der Waals surface area (Å²) < 4.78 is 6.18. The van der Waals surface area contributed by atoms with E-state index in [4.69, 9.17) is 4.74 Å². The standard InChI is InChI=1S/C20H24O2/c1-4-20(21)12-16-10-11-17(14(2)3)19(18(16)20)22-13-15-8-6-5-7-9-15/h5-11,14,21H,4,12-13H2,1-3H3. The first-order valence-corrected chi connectivity index (χ1v) is 8.10. The molecule has 3 rings (SSSR count). The molecule has 0 saturated heterocycles. The topological polar surface area (TPSA) is 29.5 Å². The predicted molar refractivity (Wildman–Crippen MR) is 89.2 cm³/mol. The van der Waals surface area contributed by atoms with Crippen molar-refractivity contribution in [2.24, 2.45) is 0 Å². The highest BCUT2D eigenvalue weighted by molar-refractivity contribution is 5.56. The van der Waals surface area contributed by atoms with Crippen molar-refractivity contribution < 1.29 is 9.84 Å². The van der Waals surface area contributed by atoms with Crippen LogP contribution in [0.2, 0.25) is 0 Å². The van der Waals surface area contributed by atoms with E-state index >= 15 is 0 Å². The van der Waals surface area contributed by atoms with Crippen molar-refractivity contribution in [2.75, 3.05) is 0 Å². The van der Waals surface area contributed by atoms with Crippen LogP contribution in [0, 0.1) is 0 Å². The number of benzene rings is 2. The smallest absolute Gasteiger partial charge is 0.129 e. The molecule has 2 aromatic rings. The third-order valence-corrected chi connectivity index (χ3v) is 4.66. The van der Waals surface area contributed by atoms with Gasteiger partial charge in [-0.05, 0) is 29.0 Å². The maximum atomic E-state index is 10.8. The molecule has 1 aliphatic rings. The number of rotatable bonds is 5. The lowest BCUT2D eigenvalue weighted by Gasteiger charge is -2.41. The van der Waals surface area contributed by atoms with Crippen LogP contribution in [0.3, 0.4) is 0 Å². The van der Waals surface area contributed by atoms with Crippen LogP contribution in [0.25, 0.3) is 0 Å². The van der Waals surface area contributed by atoms with Crippen molar-refractivity contribution in [3.63, 3.8) is 0 Å². The van der Waals surface area contributed by atoms with E-state index in [2.05, 4.69) is 38.1 Å². The lowest BCUT2D eigenvalue weighted by atomic mass is 9.70. The largest absolute Gasteiger partial charge is 0.488 e. The molecule has 22 heavy (non-hydrogen) atoms. The summed E-state index contributed by atoms with van der Waals surface area (Å²) >= 11 is 0. The zero-order chi connectivity index (χ0) is 15.7. The van der Waals surface area contributed by atoms with Crippen LogP contribution in [-0.2, 0) is 18.6 Å². The van der Waals surface area contributed by atoms with Crippen LogP contribution < -0.4 is 4.74 Å². The van der Waals surface area contributed by atoms with Crippen molar-refractivity contribution >= 4 is 0 Å². The molecule has 0 saturated carbocycles. The molecular weight excluding hydrogens is 272 g/mol. The van der Waals surface area contributed by atoms with Crippen LogP contribution in [0.5, 0.6) is 5.75 Å². The Morgan fingerprint density at radius 2 is 1.86 bits per heavy atom. The molecule has 1 atom stereocenters. The zero-order valence-electron chi connectivity index (χ0n) is 13.6. The van der Waals surface area contributed by atoms with Gasteiger partial charge in [0.2, 0.25) is 0 Å². The number of fused-ring (bicyclic) bond motifs is 1. The van der Waals surface area contributed by atoms with Gasteiger partial charge >= 0.3 is 0 Å². The molecule has 2 aromatic carbocycles. The van der Waals surface area contributed by atoms with Crippen LogP contribution in [0.1, 0.15) is 55.4 Å². The summed E-state index contributed by atoms with van der Waals surface area (Å²) in [6.07, 6.45) is 1.46. The van der Waals surface area contributed by atoms with Gasteiger partial charge in [-0.25, -0.2) is 0 Å². The van der Waals surface area contributed by atoms with Gasteiger partial charge in [-0.2, -0.15) is 0 Å². The van der Waals surface area contributed by atoms with Crippen molar-refractivity contribution in [2.45, 2.75) is 51.7 Å². The molecule has 1 unspecified atom stereocenters. The normalized spacial score (nSPS) is 19.7. The van der Waals surface area contributed by atoms with Gasteiger partial charge in [-0.3, -0.25) is 0 Å². The summed E-state index contributed by atoms with van der Waals surface area (Å²) in [4.78, 5) is 0. The Hall–Kier alpha value is -1.80. The Balaban J connectivity index is 1.96. The summed E-state index contributed by atoms with van der Waals surface area (Å²) in [6, 6.07) is 14.5. The van der Waals surface area contributed by atoms with Gasteiger partial charge in [0.25, 0.3) is 0 Å². The van der Waals surface area contributed by atoms with E-state index in [9.17, 15) is 5.11 Å². The summed E-state index contributed by atoms with van der Waals surface area (Å²) in [5.74, 6) is 1.27. The predicted octanol–water partition coefficient (Wildman–Crippen LogP) is 4.54. The molecule has 0 aliphatic heterocycles. The van der Waals surface area contributed by atoms with Gasteiger partial charge < -0.3 is 9.84 Å². The molecule has 1 aliphatic carbocycles. The highest BCUT2D eigenvalue weighted by Gasteiger charge is 2.43. The van der Waals surface area contributed by atoms with Gasteiger partial charge in [0.15, 0.2) is 0 Å². The highest BCUT2D eigenvalue weighted by atomic mass is 16.5. The molecule has 1 N–H and O–H groups in total. The first-order valence-electron chi connectivity index (χ1n) is 8.10. The summed E-state index contributed by atoms with van der Waals surface area (Å²) in [7, 11) is 0. The fourth-order valence-corrected chi connectivity index (χ4v) is 3.24. The Kier molecular flexibility index (Phi) is 3.96. The Morgan fingerprint density at radius 1 is 1.14 bits per heavy atom. The SMILES string of the molecule is CCC1(O)Cc2ccc(C(C)C)c(OCc3ccccc3)c21. The van der Waals surface area contributed by atoms with Crippen LogP contribution in [-0.4, -0.2) is 5.11 Å². The Bertz CT molecular complexity index is 661. The average Bonchev–Trinajstić information content (AvgIpc) is 2.51. The Morgan fingerprint density at radius 3 is 2.50 bits per heavy atom. The lowest BCUT2D eigenvalue weighted by molar-refractivity contribution is 0.00486. The summed E-state index contributed by atoms with van der Waals surface area (Å²) in [5.41, 5.74) is 3.84. The minimum atomic E-state index is -0.716. The molecule has 116 valence electrons. The van der Waals surface area contributed by atoms with E-state index in [1.54, 1.807) is 0 Å². The van der Waals surface area contributed by atoms with Crippen LogP contribution >= 0.6 is 0 Å². The van der Waals surface area contributed by atoms with Crippen molar-refractivity contribution in [3.8, 4) is 5.75 Å². The summed E-state index contributed by atoms with van der Waals surface area (Å²) in [5, 5.41) is 10.8. The quantitative estimate of drug-likeness (QED) is 0.877. The molecule has 0 radical (unpaired) electrons. The molecule has 2 heteroatoms. The summed E-state index contributed by atoms with van der Waals surface area (Å²) in [6.45, 7) is 6.91. The maximum Gasteiger partial charge on any atom is 0.129 e. The molecule has 0 fully saturated rings. The molecule has 0 aromatic heterocycles. The highest BCUT2D eigenvalue weighted by Crippen LogP contribution is 2.49. The minimum Gasteiger partial charge on any atom is -0.488 e. The van der Waals surface area contributed by atoms with E-state index in [1.807, 2.05) is 25.1 Å². The zero-order valence-corrected chi connectivity index (χ0v) is 13.6. The van der Waals surface area contributed by atoms with E-state index in [0.29, 0.717) is 12.5 Å². The fourth-order valence-electron chi connectivity index (χ4n) is 3.24. The average molecular weight is 296 g/mol. The molecule has 0 heterocycles. The van der Waals surface area contributed by atoms with Crippen molar-refractivity contribution in [1.82, 2.24) is 0 Å². The second-order valence-electron chi connectivity index (χ2n) is 6.51. The number of ether oxygens (including phenoxy) is 1. The van der Waals surface area contributed by atoms with E-state index in [1.165, 1.54) is 11.1 Å². The monoisotopic (exact) mass is 296 g/mol. The fraction of sp³-hybridized carbons (Fsp3) is 0.400. The number of aliphatic hydroxyl groups is 1. The van der Waals surface area contributed by atoms with Gasteiger partial charge in [0, 0.05) is 12.0 Å². The van der Waals surface area contributed by atoms with Crippen LogP contribution in [0.15, 0.2) is 42.5 Å². The van der Waals surface area contributed by atoms with Crippen molar-refractivity contribution in [3.05, 3.63) is 64.7 Å². The maximum absolute atomic E-state index is 10.8. The number of hydrogen-bond donors (Lipinski definition) is 1. The van der Waals surface area contributed by atoms with Crippen LogP contribution in [0.4, 0.5) is 0 Å². The first kappa shape index (κ1) is 15.1. The van der Waals surface area contributed by atoms with Gasteiger partial charge in [-0.15, -0.1) is 0 Å². The first-order chi connectivity index (χ1) is 10.5. The van der Waals surface area contributed by atoms with Gasteiger partial charge in [0.05, 0.1) is 5.60 Å². The molecule has 0 spiro atoms. The van der Waals surface area contributed by atoms with Crippen molar-refractivity contribution in [1.29, 1.82) is 0 Å². The Labute approximate surface area is 132 Å². The van der Waals surface area contributed by atoms with Gasteiger partial charge in [0.1, 0.15) is 12.4 Å². The second-order valence-corrected chi connectivity index (χ2v) is 6.51. The van der Waals surface area contributed by atoms with E-state index in [-0.39, 0.29) is 0 Å². The molecule has 0 bridgehead atoms. The third-order valence-electron chi connectivity index (χ3n) is 4.66. The minimum absolute atomic E-state index is 0.373. The lowest BCUT2D eigenvalue weighted by Crippen LogP contribution is -2.39. The molecule has 0 amide bonds. The molecule has 2 nitrogen and oxygen atoms in total. The third kappa shape index (κ3) is 2.52.